The molecule has 1 fully saturated rings. The summed E-state index contributed by atoms with van der Waals surface area (Å²) in [5, 5.41) is 0. The molecule has 3 aromatic carbocycles. The molecule has 2 amide bonds. The highest BCUT2D eigenvalue weighted by molar-refractivity contribution is 7.88. The summed E-state index contributed by atoms with van der Waals surface area (Å²) < 4.78 is 54.2. The van der Waals surface area contributed by atoms with Crippen LogP contribution in [0.15, 0.2) is 66.7 Å². The molecule has 2 heterocycles. The summed E-state index contributed by atoms with van der Waals surface area (Å²) in [6.07, 6.45) is 0. The Morgan fingerprint density at radius 3 is 2.34 bits per heavy atom. The van der Waals surface area contributed by atoms with E-state index in [1.807, 2.05) is 0 Å². The molecule has 2 atom stereocenters. The van der Waals surface area contributed by atoms with E-state index in [9.17, 15) is 27.0 Å². The standard InChI is InChI=1S/C23H15F3N2O3S/c24-15-7-5-14(6-8-15)12-27-20-4-2-1-3-17(20)23(22(27)30)28(21(29)13-32(23)31)16-9-10-18(25)19(26)11-16/h1-11H,12-13H2. The monoisotopic (exact) mass is 456 g/mol. The van der Waals surface area contributed by atoms with Gasteiger partial charge in [-0.25, -0.2) is 13.2 Å². The van der Waals surface area contributed by atoms with Crippen LogP contribution in [-0.2, 0) is 31.8 Å². The average molecular weight is 456 g/mol. The van der Waals surface area contributed by atoms with E-state index in [0.29, 0.717) is 16.8 Å². The third kappa shape index (κ3) is 2.81. The number of amides is 2. The first-order valence-electron chi connectivity index (χ1n) is 9.66. The van der Waals surface area contributed by atoms with Gasteiger partial charge >= 0.3 is 0 Å². The number of anilines is 2. The Bertz CT molecular complexity index is 1300. The number of nitrogens with zero attached hydrogens (tertiary/aromatic N) is 2. The molecule has 32 heavy (non-hydrogen) atoms. The zero-order valence-corrected chi connectivity index (χ0v) is 17.2. The Labute approximate surface area is 183 Å². The summed E-state index contributed by atoms with van der Waals surface area (Å²) in [6.45, 7) is 0.0505. The lowest BCUT2D eigenvalue weighted by molar-refractivity contribution is -0.123. The van der Waals surface area contributed by atoms with Crippen molar-refractivity contribution in [3.8, 4) is 0 Å². The van der Waals surface area contributed by atoms with Gasteiger partial charge in [0.05, 0.1) is 23.0 Å². The SMILES string of the molecule is O=C1CS(=O)C2(C(=O)N(Cc3ccc(F)cc3)c3ccccc32)N1c1ccc(F)c(F)c1. The van der Waals surface area contributed by atoms with Gasteiger partial charge in [-0.2, -0.15) is 0 Å². The first kappa shape index (κ1) is 20.4. The Balaban J connectivity index is 1.68. The van der Waals surface area contributed by atoms with Crippen molar-refractivity contribution < 1.29 is 27.0 Å². The van der Waals surface area contributed by atoms with E-state index in [0.717, 1.165) is 17.0 Å². The molecule has 5 nitrogen and oxygen atoms in total. The summed E-state index contributed by atoms with van der Waals surface area (Å²) in [4.78, 5) is 27.2. The molecule has 0 aliphatic carbocycles. The van der Waals surface area contributed by atoms with E-state index in [1.165, 1.54) is 35.2 Å². The maximum atomic E-state index is 14.0. The first-order chi connectivity index (χ1) is 15.3. The minimum Gasteiger partial charge on any atom is -0.304 e. The lowest BCUT2D eigenvalue weighted by Gasteiger charge is -2.32. The van der Waals surface area contributed by atoms with Crippen molar-refractivity contribution in [1.29, 1.82) is 0 Å². The molecule has 1 saturated heterocycles. The predicted molar refractivity (Wildman–Crippen MR) is 113 cm³/mol. The third-order valence-corrected chi connectivity index (χ3v) is 7.40. The molecule has 2 aliphatic heterocycles. The van der Waals surface area contributed by atoms with E-state index >= 15 is 0 Å². The van der Waals surface area contributed by atoms with Gasteiger partial charge < -0.3 is 4.90 Å². The fourth-order valence-corrected chi connectivity index (χ4v) is 5.97. The van der Waals surface area contributed by atoms with Gasteiger partial charge in [0.1, 0.15) is 11.6 Å². The highest BCUT2D eigenvalue weighted by Gasteiger charge is 2.65. The minimum atomic E-state index is -1.99. The highest BCUT2D eigenvalue weighted by Crippen LogP contribution is 2.51. The number of halogens is 3. The molecule has 0 bridgehead atoms. The molecule has 162 valence electrons. The van der Waals surface area contributed by atoms with Crippen LogP contribution in [0.3, 0.4) is 0 Å². The molecule has 9 heteroatoms. The molecule has 2 aliphatic rings. The van der Waals surface area contributed by atoms with Crippen LogP contribution in [0, 0.1) is 17.5 Å². The largest absolute Gasteiger partial charge is 0.304 e. The second kappa shape index (κ2) is 7.30. The van der Waals surface area contributed by atoms with Crippen LogP contribution in [-0.4, -0.2) is 21.8 Å². The molecule has 3 aromatic rings. The topological polar surface area (TPSA) is 57.7 Å². The molecular formula is C23H15F3N2O3S. The van der Waals surface area contributed by atoms with Crippen LogP contribution < -0.4 is 9.80 Å². The van der Waals surface area contributed by atoms with E-state index in [-0.39, 0.29) is 12.2 Å². The molecule has 0 N–H and O–H groups in total. The second-order valence-electron chi connectivity index (χ2n) is 7.50. The molecule has 1 spiro atoms. The zero-order valence-electron chi connectivity index (χ0n) is 16.4. The van der Waals surface area contributed by atoms with Crippen molar-refractivity contribution in [1.82, 2.24) is 0 Å². The summed E-state index contributed by atoms with van der Waals surface area (Å²) in [7, 11) is -1.99. The van der Waals surface area contributed by atoms with Gasteiger partial charge in [-0.1, -0.05) is 30.3 Å². The van der Waals surface area contributed by atoms with E-state index < -0.39 is 50.7 Å². The van der Waals surface area contributed by atoms with Crippen molar-refractivity contribution in [3.05, 3.63) is 95.3 Å². The number of carbonyl (C=O) groups is 2. The van der Waals surface area contributed by atoms with Crippen LogP contribution in [0.4, 0.5) is 24.5 Å². The Morgan fingerprint density at radius 1 is 0.906 bits per heavy atom. The molecule has 2 unspecified atom stereocenters. The van der Waals surface area contributed by atoms with Crippen LogP contribution in [0.1, 0.15) is 11.1 Å². The average Bonchev–Trinajstić information content (AvgIpc) is 3.18. The fraction of sp³-hybridized carbons (Fsp3) is 0.130. The van der Waals surface area contributed by atoms with Gasteiger partial charge in [-0.3, -0.25) is 18.7 Å². The lowest BCUT2D eigenvalue weighted by Crippen LogP contribution is -2.52. The van der Waals surface area contributed by atoms with Gasteiger partial charge in [0.15, 0.2) is 11.6 Å². The van der Waals surface area contributed by atoms with Crippen LogP contribution in [0.25, 0.3) is 0 Å². The van der Waals surface area contributed by atoms with Gasteiger partial charge in [0, 0.05) is 17.3 Å². The van der Waals surface area contributed by atoms with Crippen molar-refractivity contribution in [2.45, 2.75) is 11.4 Å². The maximum absolute atomic E-state index is 14.0. The molecular weight excluding hydrogens is 441 g/mol. The third-order valence-electron chi connectivity index (χ3n) is 5.66. The molecule has 0 saturated carbocycles. The van der Waals surface area contributed by atoms with Gasteiger partial charge in [0.25, 0.3) is 5.91 Å². The zero-order chi connectivity index (χ0) is 22.6. The summed E-state index contributed by atoms with van der Waals surface area (Å²) in [5.41, 5.74) is 1.34. The Morgan fingerprint density at radius 2 is 1.62 bits per heavy atom. The number of fused-ring (bicyclic) bond motifs is 2. The second-order valence-corrected chi connectivity index (χ2v) is 9.07. The lowest BCUT2D eigenvalue weighted by atomic mass is 10.0. The predicted octanol–water partition coefficient (Wildman–Crippen LogP) is 3.60. The van der Waals surface area contributed by atoms with Crippen molar-refractivity contribution in [2.24, 2.45) is 0 Å². The van der Waals surface area contributed by atoms with Gasteiger partial charge in [0.2, 0.25) is 10.8 Å². The van der Waals surface area contributed by atoms with E-state index in [1.54, 1.807) is 24.3 Å². The quantitative estimate of drug-likeness (QED) is 0.605. The number of rotatable bonds is 3. The van der Waals surface area contributed by atoms with Crippen LogP contribution in [0.5, 0.6) is 0 Å². The normalized spacial score (nSPS) is 22.2. The molecule has 5 rings (SSSR count). The summed E-state index contributed by atoms with van der Waals surface area (Å²) >= 11 is 0. The number of hydrogen-bond acceptors (Lipinski definition) is 3. The van der Waals surface area contributed by atoms with Crippen molar-refractivity contribution in [2.75, 3.05) is 15.6 Å². The van der Waals surface area contributed by atoms with Crippen LogP contribution >= 0.6 is 0 Å². The first-order valence-corrected chi connectivity index (χ1v) is 11.0. The van der Waals surface area contributed by atoms with Gasteiger partial charge in [-0.05, 0) is 35.9 Å². The number of benzene rings is 3. The van der Waals surface area contributed by atoms with Crippen molar-refractivity contribution in [3.63, 3.8) is 0 Å². The Hall–Kier alpha value is -3.46. The summed E-state index contributed by atoms with van der Waals surface area (Å²) in [6, 6.07) is 15.0. The highest BCUT2D eigenvalue weighted by atomic mass is 32.2. The Kier molecular flexibility index (Phi) is 4.67. The summed E-state index contributed by atoms with van der Waals surface area (Å²) in [5.74, 6) is -4.43. The smallest absolute Gasteiger partial charge is 0.271 e. The molecule has 0 radical (unpaired) electrons. The fourth-order valence-electron chi connectivity index (χ4n) is 4.28. The molecule has 0 aromatic heterocycles. The maximum Gasteiger partial charge on any atom is 0.271 e. The van der Waals surface area contributed by atoms with E-state index in [4.69, 9.17) is 0 Å². The number of hydrogen-bond donors (Lipinski definition) is 0. The van der Waals surface area contributed by atoms with E-state index in [2.05, 4.69) is 0 Å². The van der Waals surface area contributed by atoms with Gasteiger partial charge in [-0.15, -0.1) is 0 Å². The number of para-hydroxylation sites is 1. The minimum absolute atomic E-state index is 0.0505. The van der Waals surface area contributed by atoms with Crippen molar-refractivity contribution >= 4 is 34.0 Å². The number of carbonyl (C=O) groups excluding carboxylic acids is 2. The van der Waals surface area contributed by atoms with Crippen LogP contribution in [0.2, 0.25) is 0 Å².